The molecule has 0 radical (unpaired) electrons. The van der Waals surface area contributed by atoms with Gasteiger partial charge in [0.2, 0.25) is 5.91 Å². The molecule has 0 aromatic heterocycles. The van der Waals surface area contributed by atoms with Crippen LogP contribution in [-0.2, 0) is 4.79 Å². The fourth-order valence-corrected chi connectivity index (χ4v) is 3.93. The third kappa shape index (κ3) is 16.2. The molecule has 2 unspecified atom stereocenters. The summed E-state index contributed by atoms with van der Waals surface area (Å²) in [5.41, 5.74) is 5.59. The molecule has 3 N–H and O–H groups in total. The third-order valence-electron chi connectivity index (χ3n) is 5.87. The fourth-order valence-electron chi connectivity index (χ4n) is 3.93. The molecule has 0 rings (SSSR count). The maximum Gasteiger partial charge on any atom is 0.220 e. The summed E-state index contributed by atoms with van der Waals surface area (Å²) >= 11 is 0. The molecular formula is C25H49NO2. The summed E-state index contributed by atoms with van der Waals surface area (Å²) in [6.07, 6.45) is 25.3. The Morgan fingerprint density at radius 2 is 1.25 bits per heavy atom. The standard InChI is InChI=1S/C25H49NO2/c1-3-5-7-8-9-10-11-12-13-14-15-16-17-18-19-21-24(25(26)28)23(22-27)20-6-4-2/h12-13,23-24,27H,3-11,14-22H2,1-2H3,(H2,26,28)/b13-12-. The Kier molecular flexibility index (Phi) is 20.3. The van der Waals surface area contributed by atoms with Crippen molar-refractivity contribution in [1.29, 1.82) is 0 Å². The smallest absolute Gasteiger partial charge is 0.220 e. The van der Waals surface area contributed by atoms with Crippen LogP contribution in [0.4, 0.5) is 0 Å². The van der Waals surface area contributed by atoms with E-state index in [4.69, 9.17) is 5.73 Å². The van der Waals surface area contributed by atoms with Crippen molar-refractivity contribution in [1.82, 2.24) is 0 Å². The van der Waals surface area contributed by atoms with Crippen LogP contribution in [-0.4, -0.2) is 17.6 Å². The van der Waals surface area contributed by atoms with Crippen molar-refractivity contribution in [2.75, 3.05) is 6.61 Å². The zero-order chi connectivity index (χ0) is 20.9. The lowest BCUT2D eigenvalue weighted by Crippen LogP contribution is -2.32. The molecule has 0 saturated heterocycles. The van der Waals surface area contributed by atoms with Gasteiger partial charge in [-0.1, -0.05) is 96.6 Å². The summed E-state index contributed by atoms with van der Waals surface area (Å²) < 4.78 is 0. The Labute approximate surface area is 175 Å². The first-order chi connectivity index (χ1) is 13.7. The molecule has 0 aromatic carbocycles. The van der Waals surface area contributed by atoms with E-state index >= 15 is 0 Å². The highest BCUT2D eigenvalue weighted by Gasteiger charge is 2.24. The van der Waals surface area contributed by atoms with E-state index in [1.165, 1.54) is 70.6 Å². The molecule has 3 heteroatoms. The van der Waals surface area contributed by atoms with Crippen LogP contribution in [0, 0.1) is 11.8 Å². The van der Waals surface area contributed by atoms with E-state index in [1.54, 1.807) is 0 Å². The number of carbonyl (C=O) groups is 1. The normalized spacial score (nSPS) is 13.8. The van der Waals surface area contributed by atoms with Gasteiger partial charge in [0.1, 0.15) is 0 Å². The number of unbranched alkanes of at least 4 members (excludes halogenated alkanes) is 12. The van der Waals surface area contributed by atoms with Crippen LogP contribution < -0.4 is 5.73 Å². The van der Waals surface area contributed by atoms with Crippen molar-refractivity contribution in [3.8, 4) is 0 Å². The largest absolute Gasteiger partial charge is 0.396 e. The van der Waals surface area contributed by atoms with Crippen LogP contribution in [0.5, 0.6) is 0 Å². The van der Waals surface area contributed by atoms with Gasteiger partial charge in [-0.05, 0) is 44.4 Å². The molecule has 2 atom stereocenters. The fraction of sp³-hybridized carbons (Fsp3) is 0.880. The maximum absolute atomic E-state index is 11.7. The number of rotatable bonds is 21. The molecule has 0 heterocycles. The van der Waals surface area contributed by atoms with Gasteiger partial charge in [0.15, 0.2) is 0 Å². The average Bonchev–Trinajstić information content (AvgIpc) is 2.69. The van der Waals surface area contributed by atoms with Gasteiger partial charge < -0.3 is 10.8 Å². The Hall–Kier alpha value is -0.830. The van der Waals surface area contributed by atoms with Gasteiger partial charge in [-0.15, -0.1) is 0 Å². The lowest BCUT2D eigenvalue weighted by molar-refractivity contribution is -0.124. The Bertz CT molecular complexity index is 368. The molecule has 0 bridgehead atoms. The van der Waals surface area contributed by atoms with Crippen LogP contribution in [0.15, 0.2) is 12.2 Å². The number of primary amides is 1. The molecule has 0 fully saturated rings. The van der Waals surface area contributed by atoms with E-state index in [-0.39, 0.29) is 24.3 Å². The second-order valence-corrected chi connectivity index (χ2v) is 8.47. The Morgan fingerprint density at radius 1 is 0.750 bits per heavy atom. The molecule has 0 saturated carbocycles. The number of hydrogen-bond donors (Lipinski definition) is 2. The summed E-state index contributed by atoms with van der Waals surface area (Å²) in [4.78, 5) is 11.7. The molecule has 0 aromatic rings. The highest BCUT2D eigenvalue weighted by atomic mass is 16.3. The lowest BCUT2D eigenvalue weighted by Gasteiger charge is -2.22. The minimum atomic E-state index is -0.231. The molecule has 0 spiro atoms. The summed E-state index contributed by atoms with van der Waals surface area (Å²) in [5.74, 6) is -0.332. The number of hydrogen-bond acceptors (Lipinski definition) is 2. The first-order valence-corrected chi connectivity index (χ1v) is 12.2. The van der Waals surface area contributed by atoms with Crippen LogP contribution >= 0.6 is 0 Å². The average molecular weight is 396 g/mol. The Balaban J connectivity index is 3.62. The molecule has 1 amide bonds. The highest BCUT2D eigenvalue weighted by Crippen LogP contribution is 2.24. The van der Waals surface area contributed by atoms with E-state index in [2.05, 4.69) is 26.0 Å². The van der Waals surface area contributed by atoms with Crippen molar-refractivity contribution in [3.05, 3.63) is 12.2 Å². The monoisotopic (exact) mass is 395 g/mol. The van der Waals surface area contributed by atoms with Crippen LogP contribution in [0.1, 0.15) is 123 Å². The van der Waals surface area contributed by atoms with Gasteiger partial charge in [0.25, 0.3) is 0 Å². The lowest BCUT2D eigenvalue weighted by atomic mass is 9.84. The predicted molar refractivity (Wildman–Crippen MR) is 122 cm³/mol. The second kappa shape index (κ2) is 20.9. The zero-order valence-electron chi connectivity index (χ0n) is 19.0. The minimum absolute atomic E-state index is 0.0502. The SMILES string of the molecule is CCCCCCCC/C=C\CCCCCCCC(C(N)=O)C(CO)CCCC. The topological polar surface area (TPSA) is 63.3 Å². The van der Waals surface area contributed by atoms with Crippen molar-refractivity contribution in [2.45, 2.75) is 123 Å². The molecule has 0 aliphatic heterocycles. The number of aliphatic hydroxyl groups excluding tert-OH is 1. The molecule has 0 aliphatic carbocycles. The summed E-state index contributed by atoms with van der Waals surface area (Å²) in [7, 11) is 0. The van der Waals surface area contributed by atoms with E-state index < -0.39 is 0 Å². The second-order valence-electron chi connectivity index (χ2n) is 8.47. The van der Waals surface area contributed by atoms with Crippen molar-refractivity contribution >= 4 is 5.91 Å². The van der Waals surface area contributed by atoms with E-state index in [0.717, 1.165) is 38.5 Å². The van der Waals surface area contributed by atoms with Crippen LogP contribution in [0.2, 0.25) is 0 Å². The first-order valence-electron chi connectivity index (χ1n) is 12.2. The summed E-state index contributed by atoms with van der Waals surface area (Å²) in [6, 6.07) is 0. The van der Waals surface area contributed by atoms with Gasteiger partial charge in [-0.25, -0.2) is 0 Å². The van der Waals surface area contributed by atoms with E-state index in [0.29, 0.717) is 0 Å². The number of aliphatic hydroxyl groups is 1. The van der Waals surface area contributed by atoms with Crippen molar-refractivity contribution in [3.63, 3.8) is 0 Å². The summed E-state index contributed by atoms with van der Waals surface area (Å²) in [6.45, 7) is 4.48. The minimum Gasteiger partial charge on any atom is -0.396 e. The van der Waals surface area contributed by atoms with Crippen LogP contribution in [0.25, 0.3) is 0 Å². The summed E-state index contributed by atoms with van der Waals surface area (Å²) in [5, 5.41) is 9.58. The van der Waals surface area contributed by atoms with Gasteiger partial charge >= 0.3 is 0 Å². The quantitative estimate of drug-likeness (QED) is 0.163. The van der Waals surface area contributed by atoms with Gasteiger partial charge in [-0.3, -0.25) is 4.79 Å². The molecule has 0 aliphatic rings. The van der Waals surface area contributed by atoms with E-state index in [1.807, 2.05) is 0 Å². The number of nitrogens with two attached hydrogens (primary N) is 1. The van der Waals surface area contributed by atoms with Crippen molar-refractivity contribution in [2.24, 2.45) is 17.6 Å². The van der Waals surface area contributed by atoms with Crippen LogP contribution in [0.3, 0.4) is 0 Å². The van der Waals surface area contributed by atoms with Gasteiger partial charge in [0.05, 0.1) is 0 Å². The molecule has 3 nitrogen and oxygen atoms in total. The van der Waals surface area contributed by atoms with Gasteiger partial charge in [-0.2, -0.15) is 0 Å². The predicted octanol–water partition coefficient (Wildman–Crippen LogP) is 6.92. The maximum atomic E-state index is 11.7. The Morgan fingerprint density at radius 3 is 1.75 bits per heavy atom. The van der Waals surface area contributed by atoms with Crippen molar-refractivity contribution < 1.29 is 9.90 Å². The molecule has 28 heavy (non-hydrogen) atoms. The zero-order valence-corrected chi connectivity index (χ0v) is 19.0. The molecular weight excluding hydrogens is 346 g/mol. The first kappa shape index (κ1) is 27.2. The number of carbonyl (C=O) groups excluding carboxylic acids is 1. The number of amides is 1. The van der Waals surface area contributed by atoms with E-state index in [9.17, 15) is 9.90 Å². The van der Waals surface area contributed by atoms with Gasteiger partial charge in [0, 0.05) is 12.5 Å². The highest BCUT2D eigenvalue weighted by molar-refractivity contribution is 5.76. The third-order valence-corrected chi connectivity index (χ3v) is 5.87. The molecule has 166 valence electrons. The number of allylic oxidation sites excluding steroid dienone is 2.